The number of benzene rings is 2. The van der Waals surface area contributed by atoms with Gasteiger partial charge in [0.15, 0.2) is 11.5 Å². The van der Waals surface area contributed by atoms with Gasteiger partial charge in [0, 0.05) is 23.7 Å². The number of carbonyl (C=O) groups is 3. The predicted molar refractivity (Wildman–Crippen MR) is 160 cm³/mol. The Bertz CT molecular complexity index is 1650. The number of aryl methyl sites for hydroxylation is 1. The lowest BCUT2D eigenvalue weighted by Gasteiger charge is -2.26. The van der Waals surface area contributed by atoms with E-state index in [4.69, 9.17) is 13.9 Å². The number of nitrogens with one attached hydrogen (secondary N) is 2. The number of oxazole rings is 1. The Labute approximate surface area is 249 Å². The Morgan fingerprint density at radius 1 is 1.14 bits per heavy atom. The molecule has 0 spiro atoms. The van der Waals surface area contributed by atoms with E-state index in [1.165, 1.54) is 11.1 Å². The van der Waals surface area contributed by atoms with Crippen LogP contribution in [0.2, 0.25) is 0 Å². The third kappa shape index (κ3) is 6.77. The number of methoxy groups -OCH3 is 1. The summed E-state index contributed by atoms with van der Waals surface area (Å²) < 4.78 is 17.5. The molecule has 11 nitrogen and oxygen atoms in total. The van der Waals surface area contributed by atoms with Gasteiger partial charge < -0.3 is 29.4 Å². The normalized spacial score (nSPS) is 16.6. The van der Waals surface area contributed by atoms with Crippen molar-refractivity contribution < 1.29 is 28.3 Å². The number of carbonyl (C=O) groups excluding carboxylic acids is 3. The van der Waals surface area contributed by atoms with Crippen molar-refractivity contribution >= 4 is 28.6 Å². The van der Waals surface area contributed by atoms with Crippen LogP contribution in [-0.2, 0) is 16.1 Å². The summed E-state index contributed by atoms with van der Waals surface area (Å²) in [4.78, 5) is 50.6. The first-order valence-corrected chi connectivity index (χ1v) is 14.2. The summed E-state index contributed by atoms with van der Waals surface area (Å²) in [7, 11) is 1.55. The minimum absolute atomic E-state index is 0.117. The van der Waals surface area contributed by atoms with Gasteiger partial charge in [-0.2, -0.15) is 0 Å². The number of amides is 3. The highest BCUT2D eigenvalue weighted by atomic mass is 16.5. The van der Waals surface area contributed by atoms with Gasteiger partial charge in [-0.15, -0.1) is 0 Å². The number of para-hydroxylation sites is 1. The average Bonchev–Trinajstić information content (AvgIpc) is 3.38. The van der Waals surface area contributed by atoms with Gasteiger partial charge in [0.2, 0.25) is 17.7 Å². The zero-order valence-electron chi connectivity index (χ0n) is 24.7. The lowest BCUT2D eigenvalue weighted by Crippen LogP contribution is -2.52. The molecule has 0 saturated heterocycles. The van der Waals surface area contributed by atoms with Gasteiger partial charge >= 0.3 is 0 Å². The summed E-state index contributed by atoms with van der Waals surface area (Å²) in [6.45, 7) is 5.81. The molecule has 0 radical (unpaired) electrons. The first-order valence-electron chi connectivity index (χ1n) is 14.2. The fourth-order valence-corrected chi connectivity index (χ4v) is 4.91. The van der Waals surface area contributed by atoms with Crippen LogP contribution in [0.5, 0.6) is 11.5 Å². The molecular weight excluding hydrogens is 550 g/mol. The number of aromatic nitrogens is 2. The second-order valence-corrected chi connectivity index (χ2v) is 10.7. The fourth-order valence-electron chi connectivity index (χ4n) is 4.91. The SMILES string of the molecule is COc1ccc2cc1OCCCN(C(=O)c1cnc3ccccc3c1)CC(=O)N[C@@H](C(C)C)C(=O)NCc1nc-2oc1C. The smallest absolute Gasteiger partial charge is 0.255 e. The van der Waals surface area contributed by atoms with Crippen LogP contribution in [0.4, 0.5) is 0 Å². The van der Waals surface area contributed by atoms with Crippen LogP contribution in [0.1, 0.15) is 42.1 Å². The third-order valence-corrected chi connectivity index (χ3v) is 7.29. The van der Waals surface area contributed by atoms with Crippen LogP contribution in [-0.4, -0.2) is 65.4 Å². The second-order valence-electron chi connectivity index (χ2n) is 10.7. The summed E-state index contributed by atoms with van der Waals surface area (Å²) >= 11 is 0. The Balaban J connectivity index is 1.45. The molecule has 43 heavy (non-hydrogen) atoms. The Hall–Kier alpha value is -4.93. The van der Waals surface area contributed by atoms with Gasteiger partial charge in [-0.05, 0) is 49.6 Å². The van der Waals surface area contributed by atoms with Crippen LogP contribution in [0, 0.1) is 12.8 Å². The number of nitrogens with zero attached hydrogens (tertiary/aromatic N) is 3. The summed E-state index contributed by atoms with van der Waals surface area (Å²) in [5, 5.41) is 6.50. The van der Waals surface area contributed by atoms with Crippen LogP contribution >= 0.6 is 0 Å². The quantitative estimate of drug-likeness (QED) is 0.370. The van der Waals surface area contributed by atoms with Crippen molar-refractivity contribution in [2.45, 2.75) is 39.8 Å². The van der Waals surface area contributed by atoms with Crippen molar-refractivity contribution in [1.82, 2.24) is 25.5 Å². The third-order valence-electron chi connectivity index (χ3n) is 7.29. The molecule has 4 bridgehead atoms. The van der Waals surface area contributed by atoms with Crippen molar-refractivity contribution in [1.29, 1.82) is 0 Å². The molecule has 3 heterocycles. The molecule has 3 amide bonds. The fraction of sp³-hybridized carbons (Fsp3) is 0.344. The topological polar surface area (TPSA) is 136 Å². The maximum Gasteiger partial charge on any atom is 0.255 e. The standard InChI is InChI=1S/C32H35N5O6/c1-19(2)29-30(39)34-17-25-20(3)43-31(35-25)22-10-11-26(41-4)27(15-22)42-13-7-12-37(18-28(38)36-29)32(40)23-14-21-8-5-6-9-24(21)33-16-23/h5-6,8-11,14-16,19,29H,7,12-13,17-18H2,1-4H3,(H,34,39)(H,36,38)/t29-/m0/s1. The average molecular weight is 586 g/mol. The van der Waals surface area contributed by atoms with Gasteiger partial charge in [0.25, 0.3) is 5.91 Å². The summed E-state index contributed by atoms with van der Waals surface area (Å²) in [6, 6.07) is 13.8. The Morgan fingerprint density at radius 3 is 2.74 bits per heavy atom. The minimum Gasteiger partial charge on any atom is -0.493 e. The molecular formula is C32H35N5O6. The number of pyridine rings is 1. The Morgan fingerprint density at radius 2 is 1.95 bits per heavy atom. The molecule has 1 atom stereocenters. The molecule has 2 aromatic carbocycles. The lowest BCUT2D eigenvalue weighted by atomic mass is 10.0. The van der Waals surface area contributed by atoms with Crippen molar-refractivity contribution in [3.63, 3.8) is 0 Å². The summed E-state index contributed by atoms with van der Waals surface area (Å²) in [5.41, 5.74) is 2.38. The monoisotopic (exact) mass is 585 g/mol. The van der Waals surface area contributed by atoms with Crippen molar-refractivity contribution in [2.75, 3.05) is 26.8 Å². The van der Waals surface area contributed by atoms with Crippen LogP contribution in [0.3, 0.4) is 0 Å². The maximum absolute atomic E-state index is 13.7. The van der Waals surface area contributed by atoms with E-state index in [9.17, 15) is 14.4 Å². The number of ether oxygens (including phenoxy) is 2. The van der Waals surface area contributed by atoms with Gasteiger partial charge in [-0.25, -0.2) is 4.98 Å². The first kappa shape index (κ1) is 29.6. The molecule has 1 aliphatic rings. The van der Waals surface area contributed by atoms with E-state index in [0.29, 0.717) is 46.4 Å². The first-order chi connectivity index (χ1) is 20.7. The second kappa shape index (κ2) is 12.9. The van der Waals surface area contributed by atoms with E-state index >= 15 is 0 Å². The van der Waals surface area contributed by atoms with E-state index in [-0.39, 0.29) is 44.0 Å². The van der Waals surface area contributed by atoms with E-state index in [2.05, 4.69) is 20.6 Å². The van der Waals surface area contributed by atoms with Gasteiger partial charge in [0.05, 0.1) is 37.9 Å². The zero-order valence-corrected chi connectivity index (χ0v) is 24.7. The van der Waals surface area contributed by atoms with E-state index in [1.54, 1.807) is 32.2 Å². The molecule has 11 heteroatoms. The number of hydrogen-bond acceptors (Lipinski definition) is 8. The molecule has 1 aliphatic heterocycles. The Kier molecular flexibility index (Phi) is 8.89. The van der Waals surface area contributed by atoms with Gasteiger partial charge in [-0.1, -0.05) is 32.0 Å². The van der Waals surface area contributed by atoms with Crippen LogP contribution in [0.25, 0.3) is 22.4 Å². The maximum atomic E-state index is 13.7. The largest absolute Gasteiger partial charge is 0.493 e. The molecule has 0 saturated carbocycles. The van der Waals surface area contributed by atoms with Crippen LogP contribution in [0.15, 0.2) is 59.1 Å². The summed E-state index contributed by atoms with van der Waals surface area (Å²) in [6.07, 6.45) is 1.94. The van der Waals surface area contributed by atoms with E-state index in [0.717, 1.165) is 10.9 Å². The molecule has 5 rings (SSSR count). The molecule has 2 aromatic heterocycles. The minimum atomic E-state index is -0.815. The molecule has 0 aliphatic carbocycles. The van der Waals surface area contributed by atoms with Crippen molar-refractivity contribution in [2.24, 2.45) is 5.92 Å². The van der Waals surface area contributed by atoms with E-state index < -0.39 is 11.9 Å². The van der Waals surface area contributed by atoms with Crippen molar-refractivity contribution in [3.8, 4) is 23.0 Å². The van der Waals surface area contributed by atoms with Crippen LogP contribution < -0.4 is 20.1 Å². The highest BCUT2D eigenvalue weighted by molar-refractivity contribution is 5.99. The molecule has 0 unspecified atom stereocenters. The molecule has 2 N–H and O–H groups in total. The highest BCUT2D eigenvalue weighted by Crippen LogP contribution is 2.33. The highest BCUT2D eigenvalue weighted by Gasteiger charge is 2.27. The predicted octanol–water partition coefficient (Wildman–Crippen LogP) is 3.89. The van der Waals surface area contributed by atoms with Gasteiger partial charge in [-0.3, -0.25) is 19.4 Å². The number of hydrogen-bond donors (Lipinski definition) is 2. The summed E-state index contributed by atoms with van der Waals surface area (Å²) in [5.74, 6) is 0.603. The molecule has 4 aromatic rings. The van der Waals surface area contributed by atoms with E-state index in [1.807, 2.05) is 44.2 Å². The van der Waals surface area contributed by atoms with Crippen molar-refractivity contribution in [3.05, 3.63) is 71.7 Å². The molecule has 0 fully saturated rings. The number of fused-ring (bicyclic) bond motifs is 6. The number of rotatable bonds is 3. The zero-order chi connectivity index (χ0) is 30.5. The lowest BCUT2D eigenvalue weighted by molar-refractivity contribution is -0.130. The van der Waals surface area contributed by atoms with Gasteiger partial charge in [0.1, 0.15) is 17.5 Å². The molecule has 224 valence electrons.